The lowest BCUT2D eigenvalue weighted by molar-refractivity contribution is 0.0741. The van der Waals surface area contributed by atoms with Crippen molar-refractivity contribution < 1.29 is 23.8 Å². The zero-order valence-corrected chi connectivity index (χ0v) is 22.3. The monoisotopic (exact) mass is 522 g/mol. The van der Waals surface area contributed by atoms with Gasteiger partial charge in [-0.05, 0) is 62.6 Å². The molecular weight excluding hydrogens is 492 g/mol. The summed E-state index contributed by atoms with van der Waals surface area (Å²) >= 11 is 1.37. The van der Waals surface area contributed by atoms with Gasteiger partial charge in [-0.3, -0.25) is 4.79 Å². The van der Waals surface area contributed by atoms with Gasteiger partial charge in [0.1, 0.15) is 16.7 Å². The number of thiazole rings is 1. The third kappa shape index (κ3) is 5.91. The fourth-order valence-corrected chi connectivity index (χ4v) is 4.87. The Balaban J connectivity index is 1.45. The van der Waals surface area contributed by atoms with Gasteiger partial charge in [0.15, 0.2) is 11.5 Å². The van der Waals surface area contributed by atoms with Crippen LogP contribution < -0.4 is 14.8 Å². The van der Waals surface area contributed by atoms with E-state index in [9.17, 15) is 9.59 Å². The van der Waals surface area contributed by atoms with E-state index in [1.807, 2.05) is 63.2 Å². The largest absolute Gasteiger partial charge is 0.493 e. The number of nitrogens with one attached hydrogen (secondary N) is 1. The molecule has 1 aliphatic heterocycles. The Hall–Kier alpha value is -3.92. The van der Waals surface area contributed by atoms with Gasteiger partial charge in [-0.2, -0.15) is 10.1 Å². The lowest BCUT2D eigenvalue weighted by atomic mass is 10.0. The van der Waals surface area contributed by atoms with Crippen molar-refractivity contribution in [2.75, 3.05) is 26.1 Å². The summed E-state index contributed by atoms with van der Waals surface area (Å²) in [5.74, 6) is 1.02. The van der Waals surface area contributed by atoms with Crippen LogP contribution in [0.3, 0.4) is 0 Å². The highest BCUT2D eigenvalue weighted by atomic mass is 32.1. The number of hydrazone groups is 1. The van der Waals surface area contributed by atoms with Crippen molar-refractivity contribution in [1.82, 2.24) is 9.99 Å². The Bertz CT molecular complexity index is 1320. The summed E-state index contributed by atoms with van der Waals surface area (Å²) in [6, 6.07) is 13.0. The number of aryl methyl sites for hydroxylation is 2. The first-order valence-electron chi connectivity index (χ1n) is 12.0. The Morgan fingerprint density at radius 1 is 1.11 bits per heavy atom. The van der Waals surface area contributed by atoms with E-state index >= 15 is 0 Å². The number of ether oxygens (including phenoxy) is 3. The second-order valence-electron chi connectivity index (χ2n) is 8.51. The Morgan fingerprint density at radius 3 is 2.46 bits per heavy atom. The predicted octanol–water partition coefficient (Wildman–Crippen LogP) is 5.21. The number of rotatable bonds is 9. The Kier molecular flexibility index (Phi) is 8.08. The molecule has 0 aliphatic carbocycles. The maximum Gasteiger partial charge on any atom is 0.431 e. The highest BCUT2D eigenvalue weighted by Gasteiger charge is 2.31. The number of carbonyl (C=O) groups excluding carboxylic acids is 2. The zero-order chi connectivity index (χ0) is 26.5. The summed E-state index contributed by atoms with van der Waals surface area (Å²) in [6.07, 6.45) is 0.238. The summed E-state index contributed by atoms with van der Waals surface area (Å²) in [7, 11) is 3.16. The standard InChI is InChI=1S/C27H30N4O5S/c1-6-21-24(19-9-12-22(34-4)23(15-19)35-5)30-31(27(33)36-21)14-13-18-7-10-20(11-8-18)29-26(32)25-16(2)28-17(3)37-25/h7-12,15,21H,6,13-14H2,1-5H3,(H,29,32). The van der Waals surface area contributed by atoms with Gasteiger partial charge in [0.05, 0.1) is 31.5 Å². The molecule has 9 nitrogen and oxygen atoms in total. The Labute approximate surface area is 220 Å². The second-order valence-corrected chi connectivity index (χ2v) is 9.71. The lowest BCUT2D eigenvalue weighted by Crippen LogP contribution is -2.42. The summed E-state index contributed by atoms with van der Waals surface area (Å²) < 4.78 is 16.4. The van der Waals surface area contributed by atoms with Crippen molar-refractivity contribution >= 4 is 34.7 Å². The molecule has 4 rings (SSSR count). The van der Waals surface area contributed by atoms with Gasteiger partial charge >= 0.3 is 6.09 Å². The molecule has 1 atom stereocenters. The van der Waals surface area contributed by atoms with E-state index in [0.29, 0.717) is 47.2 Å². The van der Waals surface area contributed by atoms with Crippen LogP contribution in [0.15, 0.2) is 47.6 Å². The van der Waals surface area contributed by atoms with Gasteiger partial charge in [0.2, 0.25) is 0 Å². The van der Waals surface area contributed by atoms with E-state index in [-0.39, 0.29) is 5.91 Å². The topological polar surface area (TPSA) is 102 Å². The van der Waals surface area contributed by atoms with Crippen molar-refractivity contribution in [1.29, 1.82) is 0 Å². The van der Waals surface area contributed by atoms with Crippen molar-refractivity contribution in [3.8, 4) is 11.5 Å². The molecule has 194 valence electrons. The fraction of sp³-hybridized carbons (Fsp3) is 0.333. The van der Waals surface area contributed by atoms with Crippen molar-refractivity contribution in [3.05, 3.63) is 69.2 Å². The molecule has 37 heavy (non-hydrogen) atoms. The molecule has 1 unspecified atom stereocenters. The van der Waals surface area contributed by atoms with Crippen molar-refractivity contribution in [3.63, 3.8) is 0 Å². The van der Waals surface area contributed by atoms with Gasteiger partial charge in [-0.15, -0.1) is 11.3 Å². The highest BCUT2D eigenvalue weighted by molar-refractivity contribution is 7.13. The maximum atomic E-state index is 12.6. The number of amides is 2. The molecule has 10 heteroatoms. The van der Waals surface area contributed by atoms with Crippen LogP contribution in [-0.4, -0.2) is 54.6 Å². The normalized spacial score (nSPS) is 15.2. The van der Waals surface area contributed by atoms with Crippen LogP contribution >= 0.6 is 11.3 Å². The lowest BCUT2D eigenvalue weighted by Gasteiger charge is -2.29. The molecular formula is C27H30N4O5S. The molecule has 1 N–H and O–H groups in total. The van der Waals surface area contributed by atoms with Crippen LogP contribution in [0.2, 0.25) is 0 Å². The smallest absolute Gasteiger partial charge is 0.431 e. The van der Waals surface area contributed by atoms with E-state index in [4.69, 9.17) is 14.2 Å². The van der Waals surface area contributed by atoms with E-state index in [1.54, 1.807) is 14.2 Å². The number of methoxy groups -OCH3 is 2. The molecule has 1 aromatic heterocycles. The summed E-state index contributed by atoms with van der Waals surface area (Å²) in [4.78, 5) is 30.1. The number of aromatic nitrogens is 1. The third-order valence-corrected chi connectivity index (χ3v) is 7.04. The predicted molar refractivity (Wildman–Crippen MR) is 143 cm³/mol. The second kappa shape index (κ2) is 11.4. The summed E-state index contributed by atoms with van der Waals surface area (Å²) in [5, 5.41) is 9.77. The molecule has 0 saturated carbocycles. The van der Waals surface area contributed by atoms with E-state index in [1.165, 1.54) is 16.3 Å². The average Bonchev–Trinajstić information content (AvgIpc) is 3.25. The van der Waals surface area contributed by atoms with Crippen LogP contribution in [-0.2, 0) is 11.2 Å². The number of cyclic esters (lactones) is 1. The first kappa shape index (κ1) is 26.2. The van der Waals surface area contributed by atoms with Crippen molar-refractivity contribution in [2.24, 2.45) is 5.10 Å². The molecule has 3 aromatic rings. The number of hydrogen-bond acceptors (Lipinski definition) is 8. The van der Waals surface area contributed by atoms with Crippen LogP contribution in [0, 0.1) is 13.8 Å². The van der Waals surface area contributed by atoms with Crippen LogP contribution in [0.25, 0.3) is 0 Å². The average molecular weight is 523 g/mol. The molecule has 0 saturated heterocycles. The number of hydrogen-bond donors (Lipinski definition) is 1. The van der Waals surface area contributed by atoms with Gasteiger partial charge < -0.3 is 19.5 Å². The van der Waals surface area contributed by atoms with Crippen LogP contribution in [0.4, 0.5) is 10.5 Å². The van der Waals surface area contributed by atoms with Crippen LogP contribution in [0.1, 0.15) is 44.8 Å². The van der Waals surface area contributed by atoms with Gasteiger partial charge in [-0.1, -0.05) is 19.1 Å². The molecule has 0 radical (unpaired) electrons. The minimum atomic E-state index is -0.477. The molecule has 2 heterocycles. The maximum absolute atomic E-state index is 12.6. The van der Waals surface area contributed by atoms with E-state index < -0.39 is 12.2 Å². The Morgan fingerprint density at radius 2 is 1.84 bits per heavy atom. The molecule has 0 bridgehead atoms. The van der Waals surface area contributed by atoms with Crippen LogP contribution in [0.5, 0.6) is 11.5 Å². The number of nitrogens with zero attached hydrogens (tertiary/aromatic N) is 3. The van der Waals surface area contributed by atoms with E-state index in [2.05, 4.69) is 15.4 Å². The van der Waals surface area contributed by atoms with Gasteiger partial charge in [-0.25, -0.2) is 9.78 Å². The van der Waals surface area contributed by atoms with E-state index in [0.717, 1.165) is 21.8 Å². The molecule has 2 aromatic carbocycles. The zero-order valence-electron chi connectivity index (χ0n) is 21.5. The number of carbonyl (C=O) groups is 2. The van der Waals surface area contributed by atoms with Gasteiger partial charge in [0, 0.05) is 11.3 Å². The van der Waals surface area contributed by atoms with Crippen molar-refractivity contribution in [2.45, 2.75) is 39.7 Å². The third-order valence-electron chi connectivity index (χ3n) is 5.97. The minimum absolute atomic E-state index is 0.172. The minimum Gasteiger partial charge on any atom is -0.493 e. The fourth-order valence-electron chi connectivity index (χ4n) is 4.05. The first-order valence-corrected chi connectivity index (χ1v) is 12.8. The first-order chi connectivity index (χ1) is 17.8. The SMILES string of the molecule is CCC1OC(=O)N(CCc2ccc(NC(=O)c3sc(C)nc3C)cc2)N=C1c1ccc(OC)c(OC)c1. The summed E-state index contributed by atoms with van der Waals surface area (Å²) in [6.45, 7) is 6.00. The molecule has 0 spiro atoms. The quantitative estimate of drug-likeness (QED) is 0.414. The highest BCUT2D eigenvalue weighted by Crippen LogP contribution is 2.30. The van der Waals surface area contributed by atoms with Gasteiger partial charge in [0.25, 0.3) is 5.91 Å². The molecule has 2 amide bonds. The summed E-state index contributed by atoms with van der Waals surface area (Å²) in [5.41, 5.74) is 3.87. The number of anilines is 1. The molecule has 1 aliphatic rings. The number of benzene rings is 2. The molecule has 0 fully saturated rings.